The van der Waals surface area contributed by atoms with Crippen LogP contribution < -0.4 is 11.2 Å². The number of hydrogen-bond acceptors (Lipinski definition) is 12. The van der Waals surface area contributed by atoms with Crippen LogP contribution >= 0.6 is 19.4 Å². The molecule has 18 heteroatoms. The van der Waals surface area contributed by atoms with Crippen LogP contribution in [0, 0.1) is 11.8 Å². The quantitative estimate of drug-likeness (QED) is 0.0822. The standard InChI is InChI=1S/C30H39ClN5O11P/c1-5-18(6-2)27(38)44-24-25(45-28(39)19(7-3)8-4)30(34-35-32,46-26(24)36-14-12-23(37)33-29(36)40)17-43-48(41)42-15-13-22(47-48)20-10-9-11-21(31)16-20/h9-12,14,16,18-19,22,24-26H,5-8,13,15,17H2,1-4H3,(H,33,37,40)/t22-,24+,25-,26?,30+,48?/m0/s1. The minimum atomic E-state index is -4.41. The maximum Gasteiger partial charge on any atom is 0.475 e. The molecule has 4 rings (SSSR count). The summed E-state index contributed by atoms with van der Waals surface area (Å²) >= 11 is 6.14. The molecule has 0 radical (unpaired) electrons. The highest BCUT2D eigenvalue weighted by molar-refractivity contribution is 7.48. The van der Waals surface area contributed by atoms with Crippen LogP contribution in [0.3, 0.4) is 0 Å². The number of carbonyl (C=O) groups is 2. The zero-order chi connectivity index (χ0) is 35.1. The number of aromatic nitrogens is 2. The zero-order valence-corrected chi connectivity index (χ0v) is 28.6. The van der Waals surface area contributed by atoms with Gasteiger partial charge >= 0.3 is 25.5 Å². The van der Waals surface area contributed by atoms with E-state index in [0.29, 0.717) is 42.7 Å². The number of halogens is 1. The lowest BCUT2D eigenvalue weighted by atomic mass is 10.0. The molecular weight excluding hydrogens is 673 g/mol. The molecule has 2 unspecified atom stereocenters. The molecule has 0 amide bonds. The predicted octanol–water partition coefficient (Wildman–Crippen LogP) is 5.72. The zero-order valence-electron chi connectivity index (χ0n) is 27.0. The van der Waals surface area contributed by atoms with Gasteiger partial charge in [0.15, 0.2) is 18.4 Å². The molecule has 2 saturated heterocycles. The topological polar surface area (TPSA) is 210 Å². The number of aromatic amines is 1. The third-order valence-corrected chi connectivity index (χ3v) is 10.0. The summed E-state index contributed by atoms with van der Waals surface area (Å²) in [5.74, 6) is -2.63. The fraction of sp³-hybridized carbons (Fsp3) is 0.600. The summed E-state index contributed by atoms with van der Waals surface area (Å²) in [5.41, 5.74) is 6.30. The van der Waals surface area contributed by atoms with Crippen molar-refractivity contribution in [1.29, 1.82) is 0 Å². The molecule has 2 aliphatic rings. The average Bonchev–Trinajstić information content (AvgIpc) is 3.33. The van der Waals surface area contributed by atoms with Crippen molar-refractivity contribution in [3.8, 4) is 0 Å². The maximum atomic E-state index is 13.8. The Morgan fingerprint density at radius 1 is 1.12 bits per heavy atom. The highest BCUT2D eigenvalue weighted by atomic mass is 35.5. The summed E-state index contributed by atoms with van der Waals surface area (Å²) in [6, 6.07) is 7.76. The summed E-state index contributed by atoms with van der Waals surface area (Å²) in [4.78, 5) is 56.7. The van der Waals surface area contributed by atoms with E-state index in [1.807, 2.05) is 0 Å². The number of esters is 2. The number of phosphoric ester groups is 1. The van der Waals surface area contributed by atoms with E-state index in [1.165, 1.54) is 0 Å². The molecule has 2 aliphatic heterocycles. The van der Waals surface area contributed by atoms with Gasteiger partial charge in [0.25, 0.3) is 5.56 Å². The molecule has 1 aromatic heterocycles. The SMILES string of the molecule is CCC(CC)C(=O)O[C@H]1C(n2ccc(=O)[nH]c2=O)O[C@@](COP2(=O)OCC[C@@H](c3cccc(Cl)c3)O2)(N=[N+]=[N-])[C@H]1OC(=O)C(CC)CC. The third kappa shape index (κ3) is 8.38. The van der Waals surface area contributed by atoms with Gasteiger partial charge in [-0.25, -0.2) is 9.36 Å². The predicted molar refractivity (Wildman–Crippen MR) is 171 cm³/mol. The normalized spacial score (nSPS) is 27.1. The molecule has 0 saturated carbocycles. The largest absolute Gasteiger partial charge is 0.475 e. The Hall–Kier alpha value is -3.49. The van der Waals surface area contributed by atoms with Gasteiger partial charge in [-0.3, -0.25) is 37.5 Å². The van der Waals surface area contributed by atoms with E-state index in [2.05, 4.69) is 15.0 Å². The van der Waals surface area contributed by atoms with Crippen LogP contribution in [0.15, 0.2) is 51.2 Å². The fourth-order valence-electron chi connectivity index (χ4n) is 5.55. The first-order valence-electron chi connectivity index (χ1n) is 15.7. The van der Waals surface area contributed by atoms with Crippen LogP contribution in [0.25, 0.3) is 10.4 Å². The van der Waals surface area contributed by atoms with E-state index in [4.69, 9.17) is 39.4 Å². The first kappa shape index (κ1) is 37.3. The minimum Gasteiger partial charge on any atom is -0.455 e. The Kier molecular flexibility index (Phi) is 12.7. The summed E-state index contributed by atoms with van der Waals surface area (Å²) in [7, 11) is -4.41. The van der Waals surface area contributed by atoms with E-state index in [1.54, 1.807) is 52.0 Å². The van der Waals surface area contributed by atoms with Crippen molar-refractivity contribution in [3.63, 3.8) is 0 Å². The second-order valence-corrected chi connectivity index (χ2v) is 13.4. The van der Waals surface area contributed by atoms with Gasteiger partial charge in [-0.2, -0.15) is 0 Å². The van der Waals surface area contributed by atoms with Gasteiger partial charge in [0.1, 0.15) is 0 Å². The highest BCUT2D eigenvalue weighted by Crippen LogP contribution is 2.58. The van der Waals surface area contributed by atoms with Gasteiger partial charge in [0, 0.05) is 28.6 Å². The van der Waals surface area contributed by atoms with Crippen molar-refractivity contribution >= 4 is 31.4 Å². The molecule has 262 valence electrons. The molecule has 0 spiro atoms. The molecule has 6 atom stereocenters. The van der Waals surface area contributed by atoms with Crippen molar-refractivity contribution in [3.05, 3.63) is 78.4 Å². The maximum absolute atomic E-state index is 13.8. The molecule has 2 aromatic rings. The number of nitrogens with zero attached hydrogens (tertiary/aromatic N) is 4. The smallest absolute Gasteiger partial charge is 0.455 e. The molecule has 3 heterocycles. The molecule has 48 heavy (non-hydrogen) atoms. The first-order chi connectivity index (χ1) is 22.9. The lowest BCUT2D eigenvalue weighted by molar-refractivity contribution is -0.178. The number of carbonyl (C=O) groups excluding carboxylic acids is 2. The van der Waals surface area contributed by atoms with E-state index in [9.17, 15) is 29.3 Å². The Bertz CT molecular complexity index is 1670. The van der Waals surface area contributed by atoms with Crippen molar-refractivity contribution in [2.24, 2.45) is 17.0 Å². The monoisotopic (exact) mass is 711 g/mol. The van der Waals surface area contributed by atoms with Crippen LogP contribution in [0.1, 0.15) is 77.7 Å². The number of azide groups is 1. The summed E-state index contributed by atoms with van der Waals surface area (Å²) < 4.78 is 49.6. The summed E-state index contributed by atoms with van der Waals surface area (Å²) in [6.45, 7) is 6.18. The van der Waals surface area contributed by atoms with Gasteiger partial charge in [-0.05, 0) is 48.9 Å². The number of nitrogens with one attached hydrogen (secondary N) is 1. The number of rotatable bonds is 14. The lowest BCUT2D eigenvalue weighted by Gasteiger charge is -2.34. The Labute approximate surface area is 281 Å². The van der Waals surface area contributed by atoms with E-state index >= 15 is 0 Å². The lowest BCUT2D eigenvalue weighted by Crippen LogP contribution is -2.50. The van der Waals surface area contributed by atoms with Crippen molar-refractivity contribution in [2.75, 3.05) is 13.2 Å². The molecule has 16 nitrogen and oxygen atoms in total. The number of phosphoric acid groups is 1. The molecular formula is C30H39ClN5O11P. The van der Waals surface area contributed by atoms with Crippen LogP contribution in [-0.4, -0.2) is 52.6 Å². The molecule has 2 fully saturated rings. The van der Waals surface area contributed by atoms with Crippen LogP contribution in [0.2, 0.25) is 5.02 Å². The van der Waals surface area contributed by atoms with E-state index in [-0.39, 0.29) is 6.61 Å². The molecule has 1 aromatic carbocycles. The summed E-state index contributed by atoms with van der Waals surface area (Å²) in [5, 5.41) is 4.23. The molecule has 1 N–H and O–H groups in total. The van der Waals surface area contributed by atoms with Crippen LogP contribution in [-0.2, 0) is 41.9 Å². The first-order valence-corrected chi connectivity index (χ1v) is 17.6. The van der Waals surface area contributed by atoms with Gasteiger partial charge in [-0.15, -0.1) is 0 Å². The Balaban J connectivity index is 1.79. The van der Waals surface area contributed by atoms with Crippen LogP contribution in [0.4, 0.5) is 0 Å². The second kappa shape index (κ2) is 16.3. The van der Waals surface area contributed by atoms with Gasteiger partial charge in [0.2, 0.25) is 5.72 Å². The minimum absolute atomic E-state index is 0.0397. The Morgan fingerprint density at radius 3 is 2.40 bits per heavy atom. The van der Waals surface area contributed by atoms with E-state index in [0.717, 1.165) is 16.8 Å². The van der Waals surface area contributed by atoms with E-state index < -0.39 is 79.7 Å². The average molecular weight is 712 g/mol. The Morgan fingerprint density at radius 2 is 1.79 bits per heavy atom. The van der Waals surface area contributed by atoms with Crippen molar-refractivity contribution in [2.45, 2.75) is 90.1 Å². The number of H-pyrrole nitrogens is 1. The van der Waals surface area contributed by atoms with Gasteiger partial charge < -0.3 is 14.2 Å². The van der Waals surface area contributed by atoms with Gasteiger partial charge in [-0.1, -0.05) is 56.5 Å². The van der Waals surface area contributed by atoms with Crippen molar-refractivity contribution < 1.29 is 41.9 Å². The highest BCUT2D eigenvalue weighted by Gasteiger charge is 2.62. The van der Waals surface area contributed by atoms with Crippen molar-refractivity contribution in [1.82, 2.24) is 9.55 Å². The van der Waals surface area contributed by atoms with Gasteiger partial charge in [0.05, 0.1) is 31.2 Å². The second-order valence-electron chi connectivity index (χ2n) is 11.3. The number of benzene rings is 1. The number of hydrogen-bond donors (Lipinski definition) is 1. The van der Waals surface area contributed by atoms with Crippen LogP contribution in [0.5, 0.6) is 0 Å². The summed E-state index contributed by atoms with van der Waals surface area (Å²) in [6.07, 6.45) is -2.73. The molecule has 0 bridgehead atoms. The number of ether oxygens (including phenoxy) is 3. The third-order valence-electron chi connectivity index (χ3n) is 8.36. The fourth-order valence-corrected chi connectivity index (χ4v) is 7.16. The molecule has 0 aliphatic carbocycles.